The van der Waals surface area contributed by atoms with Crippen LogP contribution in [0.4, 0.5) is 15.9 Å². The third-order valence-corrected chi connectivity index (χ3v) is 3.06. The molecular weight excluding hydrogens is 281 g/mol. The zero-order valence-corrected chi connectivity index (χ0v) is 11.7. The van der Waals surface area contributed by atoms with Gasteiger partial charge in [0.25, 0.3) is 0 Å². The summed E-state index contributed by atoms with van der Waals surface area (Å²) < 4.78 is 13.6. The molecule has 0 amide bonds. The minimum absolute atomic E-state index is 0.0242. The Kier molecular flexibility index (Phi) is 3.85. The number of halogens is 2. The minimum atomic E-state index is -0.409. The van der Waals surface area contributed by atoms with Gasteiger partial charge in [0.15, 0.2) is 0 Å². The average Bonchev–Trinajstić information content (AvgIpc) is 2.41. The molecule has 1 aromatic heterocycles. The molecule has 2 aromatic rings. The van der Waals surface area contributed by atoms with Crippen LogP contribution in [0.3, 0.4) is 0 Å². The van der Waals surface area contributed by atoms with E-state index in [9.17, 15) is 4.39 Å². The molecule has 0 unspecified atom stereocenters. The Bertz CT molecular complexity index is 674. The van der Waals surface area contributed by atoms with Gasteiger partial charge in [0.2, 0.25) is 5.28 Å². The van der Waals surface area contributed by atoms with Crippen LogP contribution in [-0.4, -0.2) is 22.9 Å². The Morgan fingerprint density at radius 2 is 2.15 bits per heavy atom. The van der Waals surface area contributed by atoms with E-state index < -0.39 is 5.82 Å². The monoisotopic (exact) mass is 293 g/mol. The predicted octanol–water partition coefficient (Wildman–Crippen LogP) is 2.62. The van der Waals surface area contributed by atoms with E-state index in [4.69, 9.17) is 22.7 Å². The Hall–Kier alpha value is -2.21. The number of nitrogens with one attached hydrogen (secondary N) is 1. The summed E-state index contributed by atoms with van der Waals surface area (Å²) >= 11 is 5.71. The molecule has 2 rings (SSSR count). The van der Waals surface area contributed by atoms with Crippen molar-refractivity contribution in [3.05, 3.63) is 46.6 Å². The Morgan fingerprint density at radius 1 is 1.45 bits per heavy atom. The molecule has 0 fully saturated rings. The summed E-state index contributed by atoms with van der Waals surface area (Å²) in [5, 5.41) is 8.20. The summed E-state index contributed by atoms with van der Waals surface area (Å²) in [5.41, 5.74) is 6.91. The number of aromatic nitrogens is 2. The number of hydrogen-bond acceptors (Lipinski definition) is 4. The van der Waals surface area contributed by atoms with Crippen LogP contribution in [0.15, 0.2) is 24.4 Å². The summed E-state index contributed by atoms with van der Waals surface area (Å²) in [5.74, 6) is 0.0413. The molecule has 1 aromatic carbocycles. The van der Waals surface area contributed by atoms with Gasteiger partial charge in [-0.1, -0.05) is 0 Å². The maximum absolute atomic E-state index is 13.6. The molecule has 3 N–H and O–H groups in total. The van der Waals surface area contributed by atoms with E-state index in [0.29, 0.717) is 22.6 Å². The van der Waals surface area contributed by atoms with Crippen molar-refractivity contribution in [3.8, 4) is 0 Å². The highest BCUT2D eigenvalue weighted by Crippen LogP contribution is 2.21. The van der Waals surface area contributed by atoms with Gasteiger partial charge in [-0.05, 0) is 42.3 Å². The van der Waals surface area contributed by atoms with Crippen LogP contribution in [0.5, 0.6) is 0 Å². The number of nitrogen functional groups attached to an aromatic ring is 1. The zero-order valence-electron chi connectivity index (χ0n) is 11.0. The van der Waals surface area contributed by atoms with Crippen molar-refractivity contribution >= 4 is 28.9 Å². The van der Waals surface area contributed by atoms with Crippen LogP contribution in [-0.2, 0) is 0 Å². The first-order valence-electron chi connectivity index (χ1n) is 5.77. The fourth-order valence-corrected chi connectivity index (χ4v) is 1.86. The molecule has 0 radical (unpaired) electrons. The van der Waals surface area contributed by atoms with Crippen LogP contribution in [0.25, 0.3) is 0 Å². The van der Waals surface area contributed by atoms with Crippen LogP contribution >= 0.6 is 11.6 Å². The minimum Gasteiger partial charge on any atom is -0.398 e. The fourth-order valence-electron chi connectivity index (χ4n) is 1.72. The van der Waals surface area contributed by atoms with Crippen molar-refractivity contribution in [2.75, 3.05) is 17.7 Å². The molecular formula is C13H13ClFN5. The quantitative estimate of drug-likeness (QED) is 0.386. The number of nitrogens with two attached hydrogens (primary N) is 1. The highest BCUT2D eigenvalue weighted by molar-refractivity contribution is 6.28. The molecule has 0 bridgehead atoms. The summed E-state index contributed by atoms with van der Waals surface area (Å²) in [4.78, 5) is 9.22. The summed E-state index contributed by atoms with van der Waals surface area (Å²) in [6.07, 6.45) is 1.48. The second-order valence-corrected chi connectivity index (χ2v) is 4.62. The second-order valence-electron chi connectivity index (χ2n) is 4.28. The van der Waals surface area contributed by atoms with Gasteiger partial charge in [-0.15, -0.1) is 0 Å². The van der Waals surface area contributed by atoms with Gasteiger partial charge in [0.1, 0.15) is 17.5 Å². The maximum atomic E-state index is 13.6. The fraction of sp³-hybridized carbons (Fsp3) is 0.154. The van der Waals surface area contributed by atoms with Gasteiger partial charge >= 0.3 is 0 Å². The largest absolute Gasteiger partial charge is 0.398 e. The maximum Gasteiger partial charge on any atom is 0.224 e. The smallest absolute Gasteiger partial charge is 0.224 e. The normalized spacial score (nSPS) is 10.4. The van der Waals surface area contributed by atoms with Gasteiger partial charge in [-0.3, -0.25) is 5.41 Å². The van der Waals surface area contributed by atoms with Gasteiger partial charge < -0.3 is 10.6 Å². The lowest BCUT2D eigenvalue weighted by Crippen LogP contribution is -2.28. The molecule has 0 saturated heterocycles. The van der Waals surface area contributed by atoms with Gasteiger partial charge in [-0.25, -0.2) is 14.4 Å². The lowest BCUT2D eigenvalue weighted by Gasteiger charge is -2.20. The van der Waals surface area contributed by atoms with E-state index in [1.807, 2.05) is 0 Å². The number of benzene rings is 1. The second kappa shape index (κ2) is 5.42. The third kappa shape index (κ3) is 2.70. The van der Waals surface area contributed by atoms with E-state index in [2.05, 4.69) is 9.97 Å². The molecule has 0 atom stereocenters. The molecule has 0 aliphatic rings. The number of anilines is 2. The zero-order chi connectivity index (χ0) is 14.9. The Labute approximate surface area is 120 Å². The van der Waals surface area contributed by atoms with Crippen LogP contribution in [0.1, 0.15) is 11.1 Å². The topological polar surface area (TPSA) is 78.9 Å². The molecule has 104 valence electrons. The van der Waals surface area contributed by atoms with E-state index in [-0.39, 0.29) is 11.1 Å². The third-order valence-electron chi connectivity index (χ3n) is 2.88. The Balaban J connectivity index is 2.39. The van der Waals surface area contributed by atoms with Crippen LogP contribution < -0.4 is 10.6 Å². The van der Waals surface area contributed by atoms with Crippen LogP contribution in [0.2, 0.25) is 5.28 Å². The van der Waals surface area contributed by atoms with Crippen molar-refractivity contribution in [1.82, 2.24) is 9.97 Å². The van der Waals surface area contributed by atoms with Gasteiger partial charge in [0, 0.05) is 24.5 Å². The van der Waals surface area contributed by atoms with E-state index >= 15 is 0 Å². The number of nitrogens with zero attached hydrogens (tertiary/aromatic N) is 3. The van der Waals surface area contributed by atoms with Crippen molar-refractivity contribution in [2.24, 2.45) is 0 Å². The lowest BCUT2D eigenvalue weighted by molar-refractivity contribution is 0.618. The summed E-state index contributed by atoms with van der Waals surface area (Å²) in [6.45, 7) is 1.62. The van der Waals surface area contributed by atoms with Crippen molar-refractivity contribution in [3.63, 3.8) is 0 Å². The molecule has 0 aliphatic carbocycles. The van der Waals surface area contributed by atoms with Crippen molar-refractivity contribution in [1.29, 1.82) is 5.41 Å². The number of rotatable bonds is 2. The molecule has 0 saturated carbocycles. The van der Waals surface area contributed by atoms with Crippen LogP contribution in [0, 0.1) is 18.2 Å². The van der Waals surface area contributed by atoms with Crippen molar-refractivity contribution in [2.45, 2.75) is 6.92 Å². The number of hydrogen-bond donors (Lipinski definition) is 2. The molecule has 5 nitrogen and oxygen atoms in total. The van der Waals surface area contributed by atoms with E-state index in [1.54, 1.807) is 20.0 Å². The first kappa shape index (κ1) is 14.2. The molecule has 0 spiro atoms. The average molecular weight is 294 g/mol. The molecule has 0 aliphatic heterocycles. The molecule has 20 heavy (non-hydrogen) atoms. The van der Waals surface area contributed by atoms with E-state index in [0.717, 1.165) is 0 Å². The highest BCUT2D eigenvalue weighted by atomic mass is 35.5. The number of aryl methyl sites for hydroxylation is 1. The van der Waals surface area contributed by atoms with Gasteiger partial charge in [-0.2, -0.15) is 0 Å². The summed E-state index contributed by atoms with van der Waals surface area (Å²) in [6, 6.07) is 4.34. The number of amidine groups is 1. The standard InChI is InChI=1S/C13H13ClFN5/c1-7-5-10(16)8(6-9(7)15)12(17)20(2)11-3-4-18-13(14)19-11/h3-6,17H,16H2,1-2H3. The van der Waals surface area contributed by atoms with E-state index in [1.165, 1.54) is 23.2 Å². The Morgan fingerprint density at radius 3 is 2.80 bits per heavy atom. The molecule has 7 heteroatoms. The first-order chi connectivity index (χ1) is 9.40. The van der Waals surface area contributed by atoms with Crippen molar-refractivity contribution < 1.29 is 4.39 Å². The predicted molar refractivity (Wildman–Crippen MR) is 77.8 cm³/mol. The highest BCUT2D eigenvalue weighted by Gasteiger charge is 2.15. The van der Waals surface area contributed by atoms with Gasteiger partial charge in [0.05, 0.1) is 0 Å². The summed E-state index contributed by atoms with van der Waals surface area (Å²) in [7, 11) is 1.62. The SMILES string of the molecule is Cc1cc(N)c(C(=N)N(C)c2ccnc(Cl)n2)cc1F. The molecule has 1 heterocycles. The first-order valence-corrected chi connectivity index (χ1v) is 6.14. The lowest BCUT2D eigenvalue weighted by atomic mass is 10.1.